The van der Waals surface area contributed by atoms with Crippen LogP contribution < -0.4 is 0 Å². The first kappa shape index (κ1) is 11.3. The zero-order chi connectivity index (χ0) is 12.4. The number of rotatable bonds is 2. The molecule has 3 rings (SSSR count). The van der Waals surface area contributed by atoms with Crippen molar-refractivity contribution in [3.05, 3.63) is 36.8 Å². The molecule has 1 fully saturated rings. The van der Waals surface area contributed by atoms with Crippen LogP contribution in [0.3, 0.4) is 0 Å². The lowest BCUT2D eigenvalue weighted by Crippen LogP contribution is -2.31. The molecule has 1 saturated heterocycles. The minimum absolute atomic E-state index is 0.467. The van der Waals surface area contributed by atoms with Gasteiger partial charge in [-0.1, -0.05) is 0 Å². The number of hydrogen-bond acceptors (Lipinski definition) is 4. The minimum Gasteiger partial charge on any atom is -0.306 e. The smallest absolute Gasteiger partial charge is 0.160 e. The fourth-order valence-corrected chi connectivity index (χ4v) is 2.60. The Morgan fingerprint density at radius 1 is 1.22 bits per heavy atom. The van der Waals surface area contributed by atoms with Gasteiger partial charge in [-0.05, 0) is 26.4 Å². The van der Waals surface area contributed by atoms with Crippen LogP contribution in [-0.2, 0) is 0 Å². The topological polar surface area (TPSA) is 46.8 Å². The molecule has 0 amide bonds. The lowest BCUT2D eigenvalue weighted by Gasteiger charge is -2.29. The first-order valence-corrected chi connectivity index (χ1v) is 6.32. The molecule has 2 aromatic rings. The molecule has 5 heteroatoms. The fourth-order valence-electron chi connectivity index (χ4n) is 2.60. The van der Waals surface area contributed by atoms with E-state index in [0.717, 1.165) is 18.1 Å². The van der Waals surface area contributed by atoms with Gasteiger partial charge < -0.3 is 4.90 Å². The predicted molar refractivity (Wildman–Crippen MR) is 68.6 cm³/mol. The molecule has 0 N–H and O–H groups in total. The molecule has 18 heavy (non-hydrogen) atoms. The summed E-state index contributed by atoms with van der Waals surface area (Å²) >= 11 is 0. The summed E-state index contributed by atoms with van der Waals surface area (Å²) in [7, 11) is 2.17. The first-order chi connectivity index (χ1) is 8.84. The summed E-state index contributed by atoms with van der Waals surface area (Å²) in [5, 5.41) is 0. The van der Waals surface area contributed by atoms with Gasteiger partial charge in [-0.3, -0.25) is 9.55 Å². The van der Waals surface area contributed by atoms with Crippen LogP contribution in [0, 0.1) is 0 Å². The standard InChI is InChI=1S/C13H17N5/c1-17-7-2-3-11(9-17)12-13(16-5-4-15-12)18-8-6-14-10-18/h4-6,8,10-11H,2-3,7,9H2,1H3. The Morgan fingerprint density at radius 2 is 2.11 bits per heavy atom. The predicted octanol–water partition coefficient (Wildman–Crippen LogP) is 1.47. The Morgan fingerprint density at radius 3 is 2.89 bits per heavy atom. The van der Waals surface area contributed by atoms with E-state index in [-0.39, 0.29) is 0 Å². The summed E-state index contributed by atoms with van der Waals surface area (Å²) in [6, 6.07) is 0. The van der Waals surface area contributed by atoms with Gasteiger partial charge in [0, 0.05) is 37.3 Å². The number of likely N-dealkylation sites (tertiary alicyclic amines) is 1. The molecule has 0 spiro atoms. The number of piperidine rings is 1. The van der Waals surface area contributed by atoms with E-state index >= 15 is 0 Å². The molecule has 0 aliphatic carbocycles. The van der Waals surface area contributed by atoms with Crippen LogP contribution in [0.4, 0.5) is 0 Å². The highest BCUT2D eigenvalue weighted by Crippen LogP contribution is 2.27. The Balaban J connectivity index is 1.96. The number of aromatic nitrogens is 4. The van der Waals surface area contributed by atoms with Crippen molar-refractivity contribution in [1.29, 1.82) is 0 Å². The second-order valence-electron chi connectivity index (χ2n) is 4.84. The van der Waals surface area contributed by atoms with Crippen molar-refractivity contribution in [2.75, 3.05) is 20.1 Å². The molecule has 0 saturated carbocycles. The van der Waals surface area contributed by atoms with Gasteiger partial charge in [0.25, 0.3) is 0 Å². The third kappa shape index (κ3) is 2.13. The highest BCUT2D eigenvalue weighted by Gasteiger charge is 2.23. The summed E-state index contributed by atoms with van der Waals surface area (Å²) in [6.45, 7) is 2.23. The summed E-state index contributed by atoms with van der Waals surface area (Å²) < 4.78 is 1.94. The lowest BCUT2D eigenvalue weighted by molar-refractivity contribution is 0.248. The molecular formula is C13H17N5. The average molecular weight is 243 g/mol. The highest BCUT2D eigenvalue weighted by atomic mass is 15.1. The summed E-state index contributed by atoms with van der Waals surface area (Å²) in [4.78, 5) is 15.5. The van der Waals surface area contributed by atoms with Crippen molar-refractivity contribution in [3.8, 4) is 5.82 Å². The van der Waals surface area contributed by atoms with Gasteiger partial charge in [0.05, 0.1) is 5.69 Å². The van der Waals surface area contributed by atoms with Gasteiger partial charge in [-0.2, -0.15) is 0 Å². The van der Waals surface area contributed by atoms with Crippen molar-refractivity contribution < 1.29 is 0 Å². The lowest BCUT2D eigenvalue weighted by atomic mass is 9.94. The molecule has 2 aromatic heterocycles. The van der Waals surface area contributed by atoms with Crippen LogP contribution >= 0.6 is 0 Å². The molecule has 0 aromatic carbocycles. The van der Waals surface area contributed by atoms with Crippen LogP contribution in [0.2, 0.25) is 0 Å². The van der Waals surface area contributed by atoms with E-state index in [1.165, 1.54) is 19.4 Å². The maximum Gasteiger partial charge on any atom is 0.160 e. The molecule has 1 atom stereocenters. The van der Waals surface area contributed by atoms with Crippen LogP contribution in [0.15, 0.2) is 31.1 Å². The van der Waals surface area contributed by atoms with Gasteiger partial charge >= 0.3 is 0 Å². The van der Waals surface area contributed by atoms with Crippen molar-refractivity contribution in [3.63, 3.8) is 0 Å². The maximum atomic E-state index is 4.56. The van der Waals surface area contributed by atoms with Crippen LogP contribution in [0.1, 0.15) is 24.5 Å². The van der Waals surface area contributed by atoms with Crippen molar-refractivity contribution in [1.82, 2.24) is 24.4 Å². The molecule has 5 nitrogen and oxygen atoms in total. The van der Waals surface area contributed by atoms with Gasteiger partial charge in [0.2, 0.25) is 0 Å². The van der Waals surface area contributed by atoms with E-state index in [9.17, 15) is 0 Å². The first-order valence-electron chi connectivity index (χ1n) is 6.32. The second kappa shape index (κ2) is 4.86. The molecule has 0 radical (unpaired) electrons. The van der Waals surface area contributed by atoms with E-state index in [2.05, 4.69) is 26.9 Å². The molecule has 94 valence electrons. The Bertz CT molecular complexity index is 508. The largest absolute Gasteiger partial charge is 0.306 e. The SMILES string of the molecule is CN1CCCC(c2nccnc2-n2ccnc2)C1. The number of nitrogens with zero attached hydrogens (tertiary/aromatic N) is 5. The number of imidazole rings is 1. The van der Waals surface area contributed by atoms with E-state index < -0.39 is 0 Å². The van der Waals surface area contributed by atoms with E-state index in [1.807, 2.05) is 10.8 Å². The average Bonchev–Trinajstić information content (AvgIpc) is 2.92. The normalized spacial score (nSPS) is 21.1. The number of likely N-dealkylation sites (N-methyl/N-ethyl adjacent to an activating group) is 1. The van der Waals surface area contributed by atoms with E-state index in [0.29, 0.717) is 5.92 Å². The molecule has 1 aliphatic rings. The zero-order valence-electron chi connectivity index (χ0n) is 10.5. The Kier molecular flexibility index (Phi) is 3.06. The van der Waals surface area contributed by atoms with Crippen LogP contribution in [-0.4, -0.2) is 44.6 Å². The summed E-state index contributed by atoms with van der Waals surface area (Å²) in [6.07, 6.45) is 11.4. The van der Waals surface area contributed by atoms with Gasteiger partial charge in [-0.15, -0.1) is 0 Å². The molecule has 3 heterocycles. The van der Waals surface area contributed by atoms with Crippen molar-refractivity contribution in [2.24, 2.45) is 0 Å². The Labute approximate surface area is 107 Å². The monoisotopic (exact) mass is 243 g/mol. The second-order valence-corrected chi connectivity index (χ2v) is 4.84. The quantitative estimate of drug-likeness (QED) is 0.801. The van der Waals surface area contributed by atoms with Gasteiger partial charge in [0.1, 0.15) is 6.33 Å². The molecular weight excluding hydrogens is 226 g/mol. The van der Waals surface area contributed by atoms with Gasteiger partial charge in [0.15, 0.2) is 5.82 Å². The Hall–Kier alpha value is -1.75. The van der Waals surface area contributed by atoms with Crippen molar-refractivity contribution >= 4 is 0 Å². The van der Waals surface area contributed by atoms with Crippen molar-refractivity contribution in [2.45, 2.75) is 18.8 Å². The molecule has 1 aliphatic heterocycles. The summed E-state index contributed by atoms with van der Waals surface area (Å²) in [5.74, 6) is 1.38. The minimum atomic E-state index is 0.467. The van der Waals surface area contributed by atoms with Crippen LogP contribution in [0.25, 0.3) is 5.82 Å². The van der Waals surface area contributed by atoms with Gasteiger partial charge in [-0.25, -0.2) is 9.97 Å². The third-order valence-electron chi connectivity index (χ3n) is 3.47. The zero-order valence-corrected chi connectivity index (χ0v) is 10.5. The fraction of sp³-hybridized carbons (Fsp3) is 0.462. The molecule has 1 unspecified atom stereocenters. The van der Waals surface area contributed by atoms with E-state index in [4.69, 9.17) is 0 Å². The summed E-state index contributed by atoms with van der Waals surface area (Å²) in [5.41, 5.74) is 1.09. The number of hydrogen-bond donors (Lipinski definition) is 0. The molecule has 0 bridgehead atoms. The van der Waals surface area contributed by atoms with E-state index in [1.54, 1.807) is 24.9 Å². The van der Waals surface area contributed by atoms with Crippen LogP contribution in [0.5, 0.6) is 0 Å². The maximum absolute atomic E-state index is 4.56. The third-order valence-corrected chi connectivity index (χ3v) is 3.47. The highest BCUT2D eigenvalue weighted by molar-refractivity contribution is 5.31.